The van der Waals surface area contributed by atoms with Crippen molar-refractivity contribution in [3.63, 3.8) is 0 Å². The van der Waals surface area contributed by atoms with E-state index in [9.17, 15) is 13.6 Å². The summed E-state index contributed by atoms with van der Waals surface area (Å²) in [5, 5.41) is 0. The van der Waals surface area contributed by atoms with Crippen LogP contribution in [0.5, 0.6) is 0 Å². The molecule has 2 aromatic carbocycles. The molecule has 0 atom stereocenters. The van der Waals surface area contributed by atoms with Crippen molar-refractivity contribution < 1.29 is 13.6 Å². The van der Waals surface area contributed by atoms with Gasteiger partial charge in [-0.25, -0.2) is 8.78 Å². The monoisotopic (exact) mass is 258 g/mol. The summed E-state index contributed by atoms with van der Waals surface area (Å²) < 4.78 is 26.4. The summed E-state index contributed by atoms with van der Waals surface area (Å²) in [5.74, 6) is -1.03. The number of halogens is 2. The minimum Gasteiger partial charge on any atom is -0.289 e. The Labute approximate surface area is 110 Å². The second kappa shape index (κ2) is 5.57. The molecule has 0 spiro atoms. The van der Waals surface area contributed by atoms with Gasteiger partial charge in [0.2, 0.25) is 0 Å². The Morgan fingerprint density at radius 2 is 1.79 bits per heavy atom. The highest BCUT2D eigenvalue weighted by Gasteiger charge is 2.05. The molecule has 0 radical (unpaired) electrons. The second-order valence-corrected chi connectivity index (χ2v) is 4.18. The van der Waals surface area contributed by atoms with Gasteiger partial charge >= 0.3 is 0 Å². The molecule has 0 saturated carbocycles. The summed E-state index contributed by atoms with van der Waals surface area (Å²) in [6.45, 7) is 1.59. The van der Waals surface area contributed by atoms with Crippen LogP contribution in [0.3, 0.4) is 0 Å². The van der Waals surface area contributed by atoms with Gasteiger partial charge in [0.1, 0.15) is 11.6 Å². The SMILES string of the molecule is Cc1cc(C(=O)/C=C/c2ccccc2F)ccc1F. The highest BCUT2D eigenvalue weighted by atomic mass is 19.1. The van der Waals surface area contributed by atoms with Crippen LogP contribution in [-0.4, -0.2) is 5.78 Å². The molecule has 0 unspecified atom stereocenters. The van der Waals surface area contributed by atoms with Gasteiger partial charge in [-0.3, -0.25) is 4.79 Å². The highest BCUT2D eigenvalue weighted by Crippen LogP contribution is 2.12. The van der Waals surface area contributed by atoms with Crippen LogP contribution < -0.4 is 0 Å². The van der Waals surface area contributed by atoms with Crippen molar-refractivity contribution >= 4 is 11.9 Å². The molecule has 2 rings (SSSR count). The molecule has 1 nitrogen and oxygen atoms in total. The fourth-order valence-corrected chi connectivity index (χ4v) is 1.67. The summed E-state index contributed by atoms with van der Waals surface area (Å²) in [4.78, 5) is 11.9. The Kier molecular flexibility index (Phi) is 3.85. The smallest absolute Gasteiger partial charge is 0.185 e. The predicted octanol–water partition coefficient (Wildman–Crippen LogP) is 4.17. The molecule has 0 heterocycles. The average molecular weight is 258 g/mol. The third-order valence-electron chi connectivity index (χ3n) is 2.76. The number of ketones is 1. The van der Waals surface area contributed by atoms with E-state index in [1.807, 2.05) is 0 Å². The first-order valence-electron chi connectivity index (χ1n) is 5.81. The minimum absolute atomic E-state index is 0.286. The van der Waals surface area contributed by atoms with Gasteiger partial charge in [0.25, 0.3) is 0 Å². The molecule has 0 aromatic heterocycles. The zero-order chi connectivity index (χ0) is 13.8. The van der Waals surface area contributed by atoms with E-state index in [2.05, 4.69) is 0 Å². The van der Waals surface area contributed by atoms with Crippen LogP contribution in [0, 0.1) is 18.6 Å². The van der Waals surface area contributed by atoms with E-state index in [-0.39, 0.29) is 17.4 Å². The number of aryl methyl sites for hydroxylation is 1. The highest BCUT2D eigenvalue weighted by molar-refractivity contribution is 6.06. The molecule has 0 fully saturated rings. The van der Waals surface area contributed by atoms with Crippen molar-refractivity contribution in [1.29, 1.82) is 0 Å². The van der Waals surface area contributed by atoms with Gasteiger partial charge in [-0.2, -0.15) is 0 Å². The van der Waals surface area contributed by atoms with Crippen molar-refractivity contribution in [3.05, 3.63) is 76.9 Å². The van der Waals surface area contributed by atoms with E-state index in [4.69, 9.17) is 0 Å². The van der Waals surface area contributed by atoms with Crippen molar-refractivity contribution in [2.75, 3.05) is 0 Å². The number of allylic oxidation sites excluding steroid dienone is 1. The molecule has 0 aliphatic heterocycles. The van der Waals surface area contributed by atoms with Gasteiger partial charge in [0.15, 0.2) is 5.78 Å². The van der Waals surface area contributed by atoms with Gasteiger partial charge < -0.3 is 0 Å². The Balaban J connectivity index is 2.21. The molecule has 0 N–H and O–H groups in total. The number of carbonyl (C=O) groups is 1. The lowest BCUT2D eigenvalue weighted by Crippen LogP contribution is -1.96. The van der Waals surface area contributed by atoms with E-state index >= 15 is 0 Å². The third kappa shape index (κ3) is 3.13. The molecule has 19 heavy (non-hydrogen) atoms. The van der Waals surface area contributed by atoms with Crippen molar-refractivity contribution in [1.82, 2.24) is 0 Å². The molecule has 0 amide bonds. The first kappa shape index (κ1) is 13.1. The van der Waals surface area contributed by atoms with E-state index in [1.54, 1.807) is 25.1 Å². The van der Waals surface area contributed by atoms with Gasteiger partial charge in [-0.1, -0.05) is 18.2 Å². The number of carbonyl (C=O) groups excluding carboxylic acids is 1. The molecule has 3 heteroatoms. The minimum atomic E-state index is -0.387. The van der Waals surface area contributed by atoms with E-state index < -0.39 is 0 Å². The maximum Gasteiger partial charge on any atom is 0.185 e. The lowest BCUT2D eigenvalue weighted by Gasteiger charge is -2.00. The van der Waals surface area contributed by atoms with Gasteiger partial charge in [0, 0.05) is 11.1 Å². The zero-order valence-electron chi connectivity index (χ0n) is 10.4. The normalized spacial score (nSPS) is 10.9. The van der Waals surface area contributed by atoms with E-state index in [1.165, 1.54) is 36.4 Å². The van der Waals surface area contributed by atoms with Gasteiger partial charge in [-0.15, -0.1) is 0 Å². The molecule has 96 valence electrons. The Morgan fingerprint density at radius 3 is 2.47 bits per heavy atom. The molecular formula is C16H12F2O. The van der Waals surface area contributed by atoms with Crippen LogP contribution in [0.2, 0.25) is 0 Å². The Morgan fingerprint density at radius 1 is 1.05 bits per heavy atom. The quantitative estimate of drug-likeness (QED) is 0.596. The molecule has 0 aliphatic carbocycles. The van der Waals surface area contributed by atoms with Crippen LogP contribution in [-0.2, 0) is 0 Å². The van der Waals surface area contributed by atoms with Crippen molar-refractivity contribution in [2.24, 2.45) is 0 Å². The van der Waals surface area contributed by atoms with Crippen LogP contribution >= 0.6 is 0 Å². The van der Waals surface area contributed by atoms with Crippen molar-refractivity contribution in [2.45, 2.75) is 6.92 Å². The Bertz CT molecular complexity index is 645. The lowest BCUT2D eigenvalue weighted by atomic mass is 10.1. The number of hydrogen-bond acceptors (Lipinski definition) is 1. The van der Waals surface area contributed by atoms with E-state index in [0.717, 1.165) is 0 Å². The first-order chi connectivity index (χ1) is 9.08. The molecule has 2 aromatic rings. The van der Waals surface area contributed by atoms with Crippen LogP contribution in [0.25, 0.3) is 6.08 Å². The summed E-state index contributed by atoms with van der Waals surface area (Å²) in [6, 6.07) is 10.3. The second-order valence-electron chi connectivity index (χ2n) is 4.18. The number of rotatable bonds is 3. The maximum atomic E-state index is 13.3. The van der Waals surface area contributed by atoms with Gasteiger partial charge in [0.05, 0.1) is 0 Å². The van der Waals surface area contributed by atoms with Crippen LogP contribution in [0.1, 0.15) is 21.5 Å². The Hall–Kier alpha value is -2.29. The molecule has 0 saturated heterocycles. The average Bonchev–Trinajstić information content (AvgIpc) is 2.40. The summed E-state index contributed by atoms with van der Waals surface area (Å²) in [7, 11) is 0. The first-order valence-corrected chi connectivity index (χ1v) is 5.81. The zero-order valence-corrected chi connectivity index (χ0v) is 10.4. The number of hydrogen-bond donors (Lipinski definition) is 0. The molecular weight excluding hydrogens is 246 g/mol. The van der Waals surface area contributed by atoms with Crippen molar-refractivity contribution in [3.8, 4) is 0 Å². The summed E-state index contributed by atoms with van der Waals surface area (Å²) in [6.07, 6.45) is 2.70. The molecule has 0 bridgehead atoms. The summed E-state index contributed by atoms with van der Waals surface area (Å²) >= 11 is 0. The van der Waals surface area contributed by atoms with E-state index in [0.29, 0.717) is 16.7 Å². The number of benzene rings is 2. The predicted molar refractivity (Wildman–Crippen MR) is 70.9 cm³/mol. The molecule has 0 aliphatic rings. The standard InChI is InChI=1S/C16H12F2O/c1-11-10-13(6-8-14(11)17)16(19)9-7-12-4-2-3-5-15(12)18/h2-10H,1H3/b9-7+. The lowest BCUT2D eigenvalue weighted by molar-refractivity contribution is 0.104. The van der Waals surface area contributed by atoms with Crippen LogP contribution in [0.4, 0.5) is 8.78 Å². The summed E-state index contributed by atoms with van der Waals surface area (Å²) in [5.41, 5.74) is 1.13. The topological polar surface area (TPSA) is 17.1 Å². The van der Waals surface area contributed by atoms with Crippen LogP contribution in [0.15, 0.2) is 48.5 Å². The third-order valence-corrected chi connectivity index (χ3v) is 2.76. The fraction of sp³-hybridized carbons (Fsp3) is 0.0625. The van der Waals surface area contributed by atoms with Gasteiger partial charge in [-0.05, 0) is 48.9 Å². The fourth-order valence-electron chi connectivity index (χ4n) is 1.67. The largest absolute Gasteiger partial charge is 0.289 e. The maximum absolute atomic E-state index is 13.3.